The van der Waals surface area contributed by atoms with Gasteiger partial charge in [-0.1, -0.05) is 0 Å². The Morgan fingerprint density at radius 3 is 1.12 bits per heavy atom. The van der Waals surface area contributed by atoms with Crippen molar-refractivity contribution in [2.24, 2.45) is 0 Å². The normalized spacial score (nSPS) is 11.1. The Balaban J connectivity index is 3.14. The molecule has 16 heavy (non-hydrogen) atoms. The average Bonchev–Trinajstić information content (AvgIpc) is 2.26. The van der Waals surface area contributed by atoms with Gasteiger partial charge in [0.25, 0.3) is 0 Å². The van der Waals surface area contributed by atoms with Crippen LogP contribution in [0.15, 0.2) is 0 Å². The van der Waals surface area contributed by atoms with Crippen LogP contribution in [-0.2, 0) is 0 Å². The number of rotatable bonds is 0. The van der Waals surface area contributed by atoms with Crippen LogP contribution in [0.3, 0.4) is 0 Å². The van der Waals surface area contributed by atoms with Crippen LogP contribution in [0, 0.1) is 21.7 Å². The Morgan fingerprint density at radius 1 is 0.500 bits per heavy atom. The van der Waals surface area contributed by atoms with Crippen LogP contribution in [0.2, 0.25) is 0 Å². The molecule has 0 saturated carbocycles. The summed E-state index contributed by atoms with van der Waals surface area (Å²) in [5, 5.41) is 10.9. The molecule has 0 unspecified atom stereocenters. The van der Waals surface area contributed by atoms with Gasteiger partial charge in [-0.15, -0.1) is 10.2 Å². The first-order valence-electron chi connectivity index (χ1n) is 3.78. The van der Waals surface area contributed by atoms with Gasteiger partial charge in [-0.05, 0) is 136 Å². The lowest BCUT2D eigenvalue weighted by atomic mass is 10.2. The van der Waals surface area contributed by atoms with Gasteiger partial charge in [-0.25, -0.2) is 0 Å². The molecule has 2 nitrogen and oxygen atoms in total. The van der Waals surface area contributed by atoms with Crippen LogP contribution >= 0.6 is 136 Å². The molecule has 0 atom stereocenters. The lowest BCUT2D eigenvalue weighted by Crippen LogP contribution is -2.01. The van der Waals surface area contributed by atoms with E-state index < -0.39 is 0 Å². The monoisotopic (exact) mass is 885 g/mol. The largest absolute Gasteiger partial charge is 0.143 e. The van der Waals surface area contributed by atoms with E-state index in [1.165, 1.54) is 25.1 Å². The van der Waals surface area contributed by atoms with Crippen LogP contribution in [0.5, 0.6) is 0 Å². The molecular formula is C8I6N2. The van der Waals surface area contributed by atoms with Crippen molar-refractivity contribution >= 4 is 146 Å². The summed E-state index contributed by atoms with van der Waals surface area (Å²) in [6.07, 6.45) is 0. The van der Waals surface area contributed by atoms with Gasteiger partial charge >= 0.3 is 0 Å². The smallest absolute Gasteiger partial charge is 0.133 e. The molecule has 2 aromatic rings. The molecular weight excluding hydrogens is 886 g/mol. The maximum Gasteiger partial charge on any atom is 0.133 e. The fraction of sp³-hybridized carbons (Fsp3) is 0. The van der Waals surface area contributed by atoms with Crippen LogP contribution in [-0.4, -0.2) is 10.2 Å². The van der Waals surface area contributed by atoms with Gasteiger partial charge in [-0.3, -0.25) is 0 Å². The molecule has 0 aliphatic carbocycles. The fourth-order valence-electron chi connectivity index (χ4n) is 1.21. The van der Waals surface area contributed by atoms with Gasteiger partial charge < -0.3 is 0 Å². The van der Waals surface area contributed by atoms with Gasteiger partial charge in [0.05, 0.1) is 0 Å². The van der Waals surface area contributed by atoms with Gasteiger partial charge in [0.1, 0.15) is 7.40 Å². The number of benzene rings is 1. The van der Waals surface area contributed by atoms with Crippen molar-refractivity contribution < 1.29 is 0 Å². The minimum Gasteiger partial charge on any atom is -0.143 e. The van der Waals surface area contributed by atoms with E-state index in [0.29, 0.717) is 0 Å². The van der Waals surface area contributed by atoms with E-state index >= 15 is 0 Å². The van der Waals surface area contributed by atoms with Crippen LogP contribution < -0.4 is 0 Å². The number of halogens is 6. The Labute approximate surface area is 174 Å². The van der Waals surface area contributed by atoms with E-state index in [1.807, 2.05) is 0 Å². The second-order valence-electron chi connectivity index (χ2n) is 2.79. The average molecular weight is 886 g/mol. The van der Waals surface area contributed by atoms with Gasteiger partial charge in [0.2, 0.25) is 0 Å². The molecule has 8 heteroatoms. The standard InChI is InChI=1S/C8I6N2/c9-3-1-2(4(10)6(12)5(3)11)8(14)16-15-7(1)13. The summed E-state index contributed by atoms with van der Waals surface area (Å²) < 4.78 is 7.11. The van der Waals surface area contributed by atoms with Crippen LogP contribution in [0.25, 0.3) is 10.8 Å². The molecule has 1 aromatic heterocycles. The predicted molar refractivity (Wildman–Crippen MR) is 116 cm³/mol. The maximum absolute atomic E-state index is 4.19. The Morgan fingerprint density at radius 2 is 0.812 bits per heavy atom. The lowest BCUT2D eigenvalue weighted by molar-refractivity contribution is 0.997. The Bertz CT molecular complexity index is 545. The highest BCUT2D eigenvalue weighted by atomic mass is 127. The Kier molecular flexibility index (Phi) is 5.89. The second-order valence-corrected chi connectivity index (χ2v) is 9.15. The summed E-state index contributed by atoms with van der Waals surface area (Å²) in [7, 11) is 0. The molecule has 0 N–H and O–H groups in total. The molecule has 0 aliphatic rings. The first-order chi connectivity index (χ1) is 7.45. The molecule has 2 rings (SSSR count). The summed E-state index contributed by atoms with van der Waals surface area (Å²) in [4.78, 5) is 0. The quantitative estimate of drug-likeness (QED) is 0.205. The van der Waals surface area contributed by atoms with Crippen LogP contribution in [0.4, 0.5) is 0 Å². The summed E-state index contributed by atoms with van der Waals surface area (Å²) >= 11 is 14.1. The molecule has 0 aliphatic heterocycles. The van der Waals surface area contributed by atoms with E-state index in [0.717, 1.165) is 7.40 Å². The van der Waals surface area contributed by atoms with Crippen molar-refractivity contribution in [3.05, 3.63) is 21.7 Å². The summed E-state index contributed by atoms with van der Waals surface area (Å²) in [5.74, 6) is 0. The molecule has 0 saturated heterocycles. The van der Waals surface area contributed by atoms with Gasteiger partial charge in [-0.2, -0.15) is 0 Å². The number of aromatic nitrogens is 2. The zero-order chi connectivity index (χ0) is 12.0. The highest BCUT2D eigenvalue weighted by Crippen LogP contribution is 2.37. The minimum absolute atomic E-state index is 0.977. The fourth-order valence-corrected chi connectivity index (χ4v) is 7.23. The van der Waals surface area contributed by atoms with Crippen molar-refractivity contribution in [1.82, 2.24) is 10.2 Å². The molecule has 0 amide bonds. The van der Waals surface area contributed by atoms with E-state index in [-0.39, 0.29) is 0 Å². The minimum atomic E-state index is 0.977. The molecule has 0 fully saturated rings. The third-order valence-electron chi connectivity index (χ3n) is 1.91. The molecule has 1 heterocycles. The van der Waals surface area contributed by atoms with Crippen molar-refractivity contribution in [2.45, 2.75) is 0 Å². The summed E-state index contributed by atoms with van der Waals surface area (Å²) in [5.41, 5.74) is 0. The first-order valence-corrected chi connectivity index (χ1v) is 10.3. The molecule has 0 bridgehead atoms. The van der Waals surface area contributed by atoms with E-state index in [9.17, 15) is 0 Å². The third-order valence-corrected chi connectivity index (χ3v) is 10.8. The van der Waals surface area contributed by atoms with E-state index in [4.69, 9.17) is 0 Å². The lowest BCUT2D eigenvalue weighted by Gasteiger charge is -2.11. The van der Waals surface area contributed by atoms with Crippen molar-refractivity contribution in [3.63, 3.8) is 0 Å². The van der Waals surface area contributed by atoms with E-state index in [1.54, 1.807) is 0 Å². The Hall–Kier alpha value is 2.94. The number of fused-ring (bicyclic) bond motifs is 1. The molecule has 0 radical (unpaired) electrons. The highest BCUT2D eigenvalue weighted by Gasteiger charge is 2.18. The predicted octanol–water partition coefficient (Wildman–Crippen LogP) is 5.26. The van der Waals surface area contributed by atoms with Crippen molar-refractivity contribution in [2.75, 3.05) is 0 Å². The van der Waals surface area contributed by atoms with Crippen molar-refractivity contribution in [1.29, 1.82) is 0 Å². The molecule has 0 spiro atoms. The SMILES string of the molecule is Ic1c(I)c(I)c2c(I)nnc(I)c2c1I. The zero-order valence-electron chi connectivity index (χ0n) is 7.16. The van der Waals surface area contributed by atoms with Gasteiger partial charge in [0, 0.05) is 25.1 Å². The number of hydrogen-bond acceptors (Lipinski definition) is 2. The molecule has 84 valence electrons. The summed E-state index contributed by atoms with van der Waals surface area (Å²) in [6.45, 7) is 0. The topological polar surface area (TPSA) is 25.8 Å². The maximum atomic E-state index is 4.19. The zero-order valence-corrected chi connectivity index (χ0v) is 20.1. The molecule has 1 aromatic carbocycles. The van der Waals surface area contributed by atoms with E-state index in [2.05, 4.69) is 146 Å². The van der Waals surface area contributed by atoms with Crippen molar-refractivity contribution in [3.8, 4) is 0 Å². The second kappa shape index (κ2) is 6.15. The third kappa shape index (κ3) is 2.70. The van der Waals surface area contributed by atoms with Crippen LogP contribution in [0.1, 0.15) is 0 Å². The number of nitrogens with zero attached hydrogens (tertiary/aromatic N) is 2. The first kappa shape index (κ1) is 15.3. The van der Waals surface area contributed by atoms with Gasteiger partial charge in [0.15, 0.2) is 0 Å². The number of hydrogen-bond donors (Lipinski definition) is 0. The highest BCUT2D eigenvalue weighted by molar-refractivity contribution is 14.1. The summed E-state index contributed by atoms with van der Waals surface area (Å²) in [6, 6.07) is 0.